The molecule has 0 aromatic heterocycles. The van der Waals surface area contributed by atoms with Crippen LogP contribution in [0.4, 0.5) is 0 Å². The van der Waals surface area contributed by atoms with Gasteiger partial charge in [0, 0.05) is 24.5 Å². The number of nitrogens with zero attached hydrogens (tertiary/aromatic N) is 1. The van der Waals surface area contributed by atoms with Gasteiger partial charge >= 0.3 is 0 Å². The minimum absolute atomic E-state index is 0.0419. The second kappa shape index (κ2) is 9.59. The summed E-state index contributed by atoms with van der Waals surface area (Å²) < 4.78 is 0. The van der Waals surface area contributed by atoms with Crippen molar-refractivity contribution >= 4 is 5.91 Å². The van der Waals surface area contributed by atoms with E-state index in [4.69, 9.17) is 5.73 Å². The van der Waals surface area contributed by atoms with E-state index in [0.29, 0.717) is 12.6 Å². The van der Waals surface area contributed by atoms with E-state index in [1.165, 1.54) is 5.56 Å². The van der Waals surface area contributed by atoms with Crippen molar-refractivity contribution in [2.45, 2.75) is 46.2 Å². The van der Waals surface area contributed by atoms with Crippen LogP contribution in [0.5, 0.6) is 0 Å². The average molecular weight is 305 g/mol. The van der Waals surface area contributed by atoms with Crippen LogP contribution in [0.3, 0.4) is 0 Å². The summed E-state index contributed by atoms with van der Waals surface area (Å²) in [6, 6.07) is 10.6. The lowest BCUT2D eigenvalue weighted by Gasteiger charge is -2.30. The van der Waals surface area contributed by atoms with Crippen LogP contribution in [0.1, 0.15) is 33.3 Å². The van der Waals surface area contributed by atoms with Crippen molar-refractivity contribution in [1.82, 2.24) is 10.2 Å². The smallest absolute Gasteiger partial charge is 0.224 e. The molecule has 0 spiro atoms. The largest absolute Gasteiger partial charge is 0.354 e. The standard InChI is InChI=1S/C18H31N3O/c1-5-21(6-2)17(12-16-10-8-7-9-11-16)13-20-18(22)14(3)15(4)19/h7-11,14-15,17H,5-6,12-13,19H2,1-4H3,(H,20,22). The van der Waals surface area contributed by atoms with E-state index in [1.54, 1.807) is 0 Å². The summed E-state index contributed by atoms with van der Waals surface area (Å²) in [5.74, 6) is -0.116. The van der Waals surface area contributed by atoms with Crippen LogP contribution in [-0.4, -0.2) is 42.5 Å². The molecule has 0 bridgehead atoms. The maximum atomic E-state index is 12.1. The van der Waals surface area contributed by atoms with Crippen LogP contribution < -0.4 is 11.1 Å². The molecule has 0 aliphatic heterocycles. The van der Waals surface area contributed by atoms with Crippen molar-refractivity contribution in [3.8, 4) is 0 Å². The molecule has 124 valence electrons. The van der Waals surface area contributed by atoms with Crippen LogP contribution in [0.2, 0.25) is 0 Å². The zero-order valence-electron chi connectivity index (χ0n) is 14.4. The third kappa shape index (κ3) is 5.78. The lowest BCUT2D eigenvalue weighted by Crippen LogP contribution is -2.47. The molecule has 1 aromatic carbocycles. The van der Waals surface area contributed by atoms with Crippen LogP contribution in [0.25, 0.3) is 0 Å². The predicted octanol–water partition coefficient (Wildman–Crippen LogP) is 2.04. The lowest BCUT2D eigenvalue weighted by molar-refractivity contribution is -0.125. The minimum Gasteiger partial charge on any atom is -0.354 e. The number of rotatable bonds is 9. The summed E-state index contributed by atoms with van der Waals surface area (Å²) in [5, 5.41) is 3.07. The Morgan fingerprint density at radius 3 is 2.27 bits per heavy atom. The van der Waals surface area contributed by atoms with Gasteiger partial charge in [-0.1, -0.05) is 51.1 Å². The van der Waals surface area contributed by atoms with Crippen molar-refractivity contribution in [1.29, 1.82) is 0 Å². The number of carbonyl (C=O) groups is 1. The van der Waals surface area contributed by atoms with Crippen molar-refractivity contribution in [2.75, 3.05) is 19.6 Å². The summed E-state index contributed by atoms with van der Waals surface area (Å²) in [6.07, 6.45) is 0.940. The van der Waals surface area contributed by atoms with Gasteiger partial charge in [-0.2, -0.15) is 0 Å². The van der Waals surface area contributed by atoms with E-state index in [2.05, 4.69) is 48.3 Å². The second-order valence-corrected chi connectivity index (χ2v) is 5.96. The number of carbonyl (C=O) groups excluding carboxylic acids is 1. The molecule has 3 N–H and O–H groups in total. The first-order chi connectivity index (χ1) is 10.5. The van der Waals surface area contributed by atoms with Crippen molar-refractivity contribution in [3.63, 3.8) is 0 Å². The van der Waals surface area contributed by atoms with Gasteiger partial charge in [-0.3, -0.25) is 9.69 Å². The Kier molecular flexibility index (Phi) is 8.13. The molecular weight excluding hydrogens is 274 g/mol. The first-order valence-electron chi connectivity index (χ1n) is 8.30. The molecule has 0 aliphatic carbocycles. The van der Waals surface area contributed by atoms with E-state index in [9.17, 15) is 4.79 Å². The zero-order valence-corrected chi connectivity index (χ0v) is 14.4. The van der Waals surface area contributed by atoms with Crippen LogP contribution in [0, 0.1) is 5.92 Å². The lowest BCUT2D eigenvalue weighted by atomic mass is 10.0. The number of nitrogens with one attached hydrogen (secondary N) is 1. The molecule has 0 saturated heterocycles. The fourth-order valence-electron chi connectivity index (χ4n) is 2.57. The first kappa shape index (κ1) is 18.7. The Morgan fingerprint density at radius 2 is 1.77 bits per heavy atom. The minimum atomic E-state index is -0.158. The molecule has 0 fully saturated rings. The van der Waals surface area contributed by atoms with Gasteiger partial charge in [0.2, 0.25) is 5.91 Å². The number of amides is 1. The number of nitrogens with two attached hydrogens (primary N) is 1. The Morgan fingerprint density at radius 1 is 1.18 bits per heavy atom. The molecule has 3 atom stereocenters. The first-order valence-corrected chi connectivity index (χ1v) is 8.30. The van der Waals surface area contributed by atoms with E-state index < -0.39 is 0 Å². The summed E-state index contributed by atoms with van der Waals surface area (Å²) in [6.45, 7) is 10.7. The maximum absolute atomic E-state index is 12.1. The number of benzene rings is 1. The highest BCUT2D eigenvalue weighted by Crippen LogP contribution is 2.09. The molecule has 0 saturated carbocycles. The molecule has 1 amide bonds. The average Bonchev–Trinajstić information content (AvgIpc) is 2.53. The summed E-state index contributed by atoms with van der Waals surface area (Å²) in [4.78, 5) is 14.5. The Labute approximate surface area is 135 Å². The van der Waals surface area contributed by atoms with Gasteiger partial charge in [-0.05, 0) is 32.0 Å². The molecule has 22 heavy (non-hydrogen) atoms. The molecule has 0 heterocycles. The van der Waals surface area contributed by atoms with Gasteiger partial charge in [0.15, 0.2) is 0 Å². The topological polar surface area (TPSA) is 58.4 Å². The molecule has 4 nitrogen and oxygen atoms in total. The van der Waals surface area contributed by atoms with Crippen LogP contribution >= 0.6 is 0 Å². The number of hydrogen-bond donors (Lipinski definition) is 2. The van der Waals surface area contributed by atoms with Crippen LogP contribution in [0.15, 0.2) is 30.3 Å². The Bertz CT molecular complexity index is 429. The van der Waals surface area contributed by atoms with E-state index in [1.807, 2.05) is 19.9 Å². The third-order valence-corrected chi connectivity index (χ3v) is 4.36. The van der Waals surface area contributed by atoms with Gasteiger partial charge in [-0.25, -0.2) is 0 Å². The molecule has 0 aliphatic rings. The zero-order chi connectivity index (χ0) is 16.5. The van der Waals surface area contributed by atoms with Gasteiger partial charge in [0.1, 0.15) is 0 Å². The maximum Gasteiger partial charge on any atom is 0.224 e. The fourth-order valence-corrected chi connectivity index (χ4v) is 2.57. The number of hydrogen-bond acceptors (Lipinski definition) is 3. The fraction of sp³-hybridized carbons (Fsp3) is 0.611. The third-order valence-electron chi connectivity index (χ3n) is 4.36. The molecular formula is C18H31N3O. The summed E-state index contributed by atoms with van der Waals surface area (Å²) >= 11 is 0. The monoisotopic (exact) mass is 305 g/mol. The molecule has 3 unspecified atom stereocenters. The van der Waals surface area contributed by atoms with Crippen LogP contribution in [-0.2, 0) is 11.2 Å². The van der Waals surface area contributed by atoms with E-state index in [-0.39, 0.29) is 17.9 Å². The van der Waals surface area contributed by atoms with Gasteiger partial charge < -0.3 is 11.1 Å². The van der Waals surface area contributed by atoms with Crippen molar-refractivity contribution < 1.29 is 4.79 Å². The highest BCUT2D eigenvalue weighted by Gasteiger charge is 2.21. The summed E-state index contributed by atoms with van der Waals surface area (Å²) in [7, 11) is 0. The highest BCUT2D eigenvalue weighted by molar-refractivity contribution is 5.78. The summed E-state index contributed by atoms with van der Waals surface area (Å²) in [5.41, 5.74) is 7.11. The van der Waals surface area contributed by atoms with Gasteiger partial charge in [0.05, 0.1) is 0 Å². The molecule has 1 aromatic rings. The highest BCUT2D eigenvalue weighted by atomic mass is 16.1. The van der Waals surface area contributed by atoms with Crippen molar-refractivity contribution in [3.05, 3.63) is 35.9 Å². The van der Waals surface area contributed by atoms with E-state index >= 15 is 0 Å². The van der Waals surface area contributed by atoms with Crippen molar-refractivity contribution in [2.24, 2.45) is 11.7 Å². The normalized spacial score (nSPS) is 15.4. The van der Waals surface area contributed by atoms with E-state index in [0.717, 1.165) is 19.5 Å². The van der Waals surface area contributed by atoms with Gasteiger partial charge in [-0.15, -0.1) is 0 Å². The second-order valence-electron chi connectivity index (χ2n) is 5.96. The Hall–Kier alpha value is -1.39. The number of likely N-dealkylation sites (N-methyl/N-ethyl adjacent to an activating group) is 1. The predicted molar refractivity (Wildman–Crippen MR) is 92.7 cm³/mol. The van der Waals surface area contributed by atoms with Gasteiger partial charge in [0.25, 0.3) is 0 Å². The Balaban J connectivity index is 2.68. The molecule has 1 rings (SSSR count). The SMILES string of the molecule is CCN(CC)C(CNC(=O)C(C)C(C)N)Cc1ccccc1. The molecule has 0 radical (unpaired) electrons. The quantitative estimate of drug-likeness (QED) is 0.734. The molecule has 4 heteroatoms.